The summed E-state index contributed by atoms with van der Waals surface area (Å²) in [7, 11) is 0. The van der Waals surface area contributed by atoms with Gasteiger partial charge in [0.1, 0.15) is 11.4 Å². The maximum absolute atomic E-state index is 9.35. The standard InChI is InChI=1S/C15H10ClNO2S/c16-11-5-1-10(2-6-11)14-13(17-15(20)19-14)9-3-7-12(18)8-4-9/h1-8,18H,(H,17,20). The van der Waals surface area contributed by atoms with Gasteiger partial charge in [0, 0.05) is 16.1 Å². The molecule has 3 nitrogen and oxygen atoms in total. The summed E-state index contributed by atoms with van der Waals surface area (Å²) in [6.07, 6.45) is 0. The molecule has 2 aromatic carbocycles. The van der Waals surface area contributed by atoms with Gasteiger partial charge in [0.15, 0.2) is 5.76 Å². The number of thiol groups is 1. The lowest BCUT2D eigenvalue weighted by Crippen LogP contribution is -1.82. The van der Waals surface area contributed by atoms with Gasteiger partial charge in [0.2, 0.25) is 0 Å². The third-order valence-corrected chi connectivity index (χ3v) is 3.31. The molecule has 0 spiro atoms. The smallest absolute Gasteiger partial charge is 0.253 e. The van der Waals surface area contributed by atoms with Crippen LogP contribution in [0.25, 0.3) is 22.6 Å². The number of phenols is 1. The van der Waals surface area contributed by atoms with Crippen LogP contribution in [0.15, 0.2) is 58.2 Å². The second-order valence-corrected chi connectivity index (χ2v) is 5.05. The second kappa shape index (κ2) is 5.23. The SMILES string of the molecule is Oc1ccc(-c2nc(S)oc2-c2ccc(Cl)cc2)cc1. The Morgan fingerprint density at radius 3 is 2.20 bits per heavy atom. The lowest BCUT2D eigenvalue weighted by Gasteiger charge is -2.02. The maximum Gasteiger partial charge on any atom is 0.253 e. The highest BCUT2D eigenvalue weighted by molar-refractivity contribution is 7.80. The van der Waals surface area contributed by atoms with Gasteiger partial charge in [0.05, 0.1) is 0 Å². The van der Waals surface area contributed by atoms with E-state index in [1.807, 2.05) is 12.1 Å². The monoisotopic (exact) mass is 303 g/mol. The second-order valence-electron chi connectivity index (χ2n) is 4.23. The average molecular weight is 304 g/mol. The molecule has 0 fully saturated rings. The Balaban J connectivity index is 2.12. The minimum atomic E-state index is 0.205. The highest BCUT2D eigenvalue weighted by atomic mass is 35.5. The Kier molecular flexibility index (Phi) is 3.42. The molecule has 20 heavy (non-hydrogen) atoms. The first kappa shape index (κ1) is 13.1. The van der Waals surface area contributed by atoms with Crippen molar-refractivity contribution >= 4 is 24.2 Å². The molecule has 0 aliphatic rings. The quantitative estimate of drug-likeness (QED) is 0.677. The Bertz CT molecular complexity index is 673. The predicted molar refractivity (Wildman–Crippen MR) is 81.3 cm³/mol. The van der Waals surface area contributed by atoms with Gasteiger partial charge in [0.25, 0.3) is 5.22 Å². The molecule has 0 aliphatic heterocycles. The molecule has 1 heterocycles. The number of oxazole rings is 1. The third-order valence-electron chi connectivity index (χ3n) is 2.86. The summed E-state index contributed by atoms with van der Waals surface area (Å²) in [6.45, 7) is 0. The molecule has 0 atom stereocenters. The van der Waals surface area contributed by atoms with E-state index in [4.69, 9.17) is 16.0 Å². The number of nitrogens with zero attached hydrogens (tertiary/aromatic N) is 1. The Morgan fingerprint density at radius 1 is 0.950 bits per heavy atom. The van der Waals surface area contributed by atoms with Crippen molar-refractivity contribution in [2.45, 2.75) is 5.22 Å². The van der Waals surface area contributed by atoms with E-state index in [-0.39, 0.29) is 11.0 Å². The summed E-state index contributed by atoms with van der Waals surface area (Å²) in [5.74, 6) is 0.828. The molecular weight excluding hydrogens is 294 g/mol. The molecule has 100 valence electrons. The summed E-state index contributed by atoms with van der Waals surface area (Å²) in [5, 5.41) is 10.3. The number of phenolic OH excluding ortho intramolecular Hbond substituents is 1. The molecule has 0 aliphatic carbocycles. The first-order chi connectivity index (χ1) is 9.63. The van der Waals surface area contributed by atoms with Gasteiger partial charge in [-0.3, -0.25) is 0 Å². The van der Waals surface area contributed by atoms with Crippen LogP contribution in [0.2, 0.25) is 5.02 Å². The Morgan fingerprint density at radius 2 is 1.55 bits per heavy atom. The molecular formula is C15H10ClNO2S. The molecule has 5 heteroatoms. The van der Waals surface area contributed by atoms with Gasteiger partial charge >= 0.3 is 0 Å². The molecule has 0 amide bonds. The summed E-state index contributed by atoms with van der Waals surface area (Å²) in [6, 6.07) is 14.1. The summed E-state index contributed by atoms with van der Waals surface area (Å²) < 4.78 is 5.57. The van der Waals surface area contributed by atoms with Crippen molar-refractivity contribution in [3.05, 3.63) is 53.6 Å². The van der Waals surface area contributed by atoms with E-state index >= 15 is 0 Å². The maximum atomic E-state index is 9.35. The van der Waals surface area contributed by atoms with Crippen LogP contribution >= 0.6 is 24.2 Å². The number of benzene rings is 2. The van der Waals surface area contributed by atoms with Crippen molar-refractivity contribution in [2.75, 3.05) is 0 Å². The molecule has 0 unspecified atom stereocenters. The lowest BCUT2D eigenvalue weighted by atomic mass is 10.1. The van der Waals surface area contributed by atoms with E-state index in [1.165, 1.54) is 0 Å². The number of hydrogen-bond donors (Lipinski definition) is 2. The number of halogens is 1. The molecule has 1 aromatic heterocycles. The normalized spacial score (nSPS) is 10.7. The molecule has 0 bridgehead atoms. The highest BCUT2D eigenvalue weighted by Gasteiger charge is 2.15. The van der Waals surface area contributed by atoms with E-state index < -0.39 is 0 Å². The number of aromatic nitrogens is 1. The minimum absolute atomic E-state index is 0.205. The number of rotatable bonds is 2. The van der Waals surface area contributed by atoms with Gasteiger partial charge in [-0.2, -0.15) is 0 Å². The van der Waals surface area contributed by atoms with Crippen molar-refractivity contribution in [3.8, 4) is 28.3 Å². The van der Waals surface area contributed by atoms with Crippen LogP contribution in [0.5, 0.6) is 5.75 Å². The van der Waals surface area contributed by atoms with Gasteiger partial charge in [-0.25, -0.2) is 4.98 Å². The van der Waals surface area contributed by atoms with E-state index in [2.05, 4.69) is 17.6 Å². The van der Waals surface area contributed by atoms with Crippen molar-refractivity contribution in [2.24, 2.45) is 0 Å². The minimum Gasteiger partial charge on any atom is -0.508 e. The first-order valence-electron chi connectivity index (χ1n) is 5.88. The first-order valence-corrected chi connectivity index (χ1v) is 6.71. The molecule has 1 N–H and O–H groups in total. The van der Waals surface area contributed by atoms with E-state index in [0.29, 0.717) is 16.5 Å². The van der Waals surface area contributed by atoms with Crippen molar-refractivity contribution in [1.82, 2.24) is 4.98 Å². The van der Waals surface area contributed by atoms with Crippen LogP contribution < -0.4 is 0 Å². The van der Waals surface area contributed by atoms with Crippen LogP contribution in [0.4, 0.5) is 0 Å². The third kappa shape index (κ3) is 2.53. The number of hydrogen-bond acceptors (Lipinski definition) is 4. The fourth-order valence-electron chi connectivity index (χ4n) is 1.92. The molecule has 0 saturated heterocycles. The fraction of sp³-hybridized carbons (Fsp3) is 0. The topological polar surface area (TPSA) is 46.3 Å². The van der Waals surface area contributed by atoms with Crippen molar-refractivity contribution in [1.29, 1.82) is 0 Å². The molecule has 3 rings (SSSR count). The fourth-order valence-corrected chi connectivity index (χ4v) is 2.24. The Labute approximate surface area is 126 Å². The average Bonchev–Trinajstić information content (AvgIpc) is 2.82. The number of aromatic hydroxyl groups is 1. The van der Waals surface area contributed by atoms with E-state index in [1.54, 1.807) is 36.4 Å². The van der Waals surface area contributed by atoms with Crippen LogP contribution in [0.3, 0.4) is 0 Å². The van der Waals surface area contributed by atoms with Crippen LogP contribution in [0.1, 0.15) is 0 Å². The van der Waals surface area contributed by atoms with Gasteiger partial charge < -0.3 is 9.52 Å². The van der Waals surface area contributed by atoms with Gasteiger partial charge in [-0.1, -0.05) is 24.2 Å². The largest absolute Gasteiger partial charge is 0.508 e. The Hall–Kier alpha value is -1.91. The van der Waals surface area contributed by atoms with Crippen LogP contribution in [0, 0.1) is 0 Å². The zero-order valence-corrected chi connectivity index (χ0v) is 11.9. The van der Waals surface area contributed by atoms with Gasteiger partial charge in [-0.05, 0) is 48.5 Å². The zero-order chi connectivity index (χ0) is 14.1. The van der Waals surface area contributed by atoms with E-state index in [0.717, 1.165) is 11.1 Å². The van der Waals surface area contributed by atoms with Gasteiger partial charge in [-0.15, -0.1) is 0 Å². The van der Waals surface area contributed by atoms with E-state index in [9.17, 15) is 5.11 Å². The summed E-state index contributed by atoms with van der Waals surface area (Å²) >= 11 is 10.1. The zero-order valence-electron chi connectivity index (χ0n) is 10.2. The molecule has 0 radical (unpaired) electrons. The molecule has 0 saturated carbocycles. The summed E-state index contributed by atoms with van der Waals surface area (Å²) in [4.78, 5) is 4.29. The summed E-state index contributed by atoms with van der Waals surface area (Å²) in [5.41, 5.74) is 2.39. The predicted octanol–water partition coefficient (Wildman–Crippen LogP) is 4.66. The van der Waals surface area contributed by atoms with Crippen molar-refractivity contribution < 1.29 is 9.52 Å². The lowest BCUT2D eigenvalue weighted by molar-refractivity contribution is 0.468. The molecule has 3 aromatic rings. The highest BCUT2D eigenvalue weighted by Crippen LogP contribution is 2.34. The van der Waals surface area contributed by atoms with Crippen molar-refractivity contribution in [3.63, 3.8) is 0 Å². The van der Waals surface area contributed by atoms with Crippen LogP contribution in [-0.2, 0) is 0 Å². The van der Waals surface area contributed by atoms with Crippen LogP contribution in [-0.4, -0.2) is 10.1 Å².